The molecule has 0 aliphatic carbocycles. The lowest BCUT2D eigenvalue weighted by molar-refractivity contribution is 0.0743. The first-order chi connectivity index (χ1) is 6.83. The minimum Gasteiger partial charge on any atom is -0.333 e. The Morgan fingerprint density at radius 3 is 3.29 bits per heavy atom. The molecule has 1 amide bonds. The summed E-state index contributed by atoms with van der Waals surface area (Å²) < 4.78 is 0. The lowest BCUT2D eigenvalue weighted by Gasteiger charge is -2.21. The molecule has 1 atom stereocenters. The van der Waals surface area contributed by atoms with Gasteiger partial charge in [0.15, 0.2) is 5.69 Å². The standard InChI is InChI=1S/C8H11ClN4O/c9-4-6-2-1-3-13(6)8(14)7-5-10-12-11-7/h5-6H,1-4H2,(H,10,11,12). The average molecular weight is 215 g/mol. The number of hydrogen-bond acceptors (Lipinski definition) is 3. The van der Waals surface area contributed by atoms with Gasteiger partial charge in [0.05, 0.1) is 6.20 Å². The highest BCUT2D eigenvalue weighted by atomic mass is 35.5. The van der Waals surface area contributed by atoms with Crippen molar-refractivity contribution in [1.82, 2.24) is 20.3 Å². The quantitative estimate of drug-likeness (QED) is 0.736. The molecule has 1 aliphatic rings. The number of amides is 1. The average Bonchev–Trinajstić information content (AvgIpc) is 2.87. The molecule has 0 saturated carbocycles. The molecule has 1 aliphatic heterocycles. The van der Waals surface area contributed by atoms with Crippen LogP contribution in [0, 0.1) is 0 Å². The molecule has 0 bridgehead atoms. The van der Waals surface area contributed by atoms with E-state index in [2.05, 4.69) is 15.4 Å². The molecule has 1 aromatic heterocycles. The number of aromatic amines is 1. The van der Waals surface area contributed by atoms with E-state index < -0.39 is 0 Å². The van der Waals surface area contributed by atoms with Gasteiger partial charge in [0, 0.05) is 18.5 Å². The van der Waals surface area contributed by atoms with Crippen LogP contribution in [0.4, 0.5) is 0 Å². The maximum absolute atomic E-state index is 11.8. The van der Waals surface area contributed by atoms with Gasteiger partial charge in [-0.2, -0.15) is 15.4 Å². The molecule has 5 nitrogen and oxygen atoms in total. The summed E-state index contributed by atoms with van der Waals surface area (Å²) in [5.41, 5.74) is 0.363. The number of rotatable bonds is 2. The van der Waals surface area contributed by atoms with Crippen molar-refractivity contribution in [1.29, 1.82) is 0 Å². The van der Waals surface area contributed by atoms with E-state index in [1.165, 1.54) is 6.20 Å². The highest BCUT2D eigenvalue weighted by Gasteiger charge is 2.29. The summed E-state index contributed by atoms with van der Waals surface area (Å²) in [5, 5.41) is 9.79. The fourth-order valence-corrected chi connectivity index (χ4v) is 2.04. The summed E-state index contributed by atoms with van der Waals surface area (Å²) in [6.45, 7) is 0.767. The van der Waals surface area contributed by atoms with Crippen LogP contribution in [0.3, 0.4) is 0 Å². The minimum atomic E-state index is -0.0816. The van der Waals surface area contributed by atoms with Gasteiger partial charge in [-0.25, -0.2) is 0 Å². The van der Waals surface area contributed by atoms with E-state index in [4.69, 9.17) is 11.6 Å². The normalized spacial score (nSPS) is 21.5. The molecular formula is C8H11ClN4O. The number of aromatic nitrogens is 3. The fourth-order valence-electron chi connectivity index (χ4n) is 1.72. The van der Waals surface area contributed by atoms with Crippen LogP contribution >= 0.6 is 11.6 Å². The van der Waals surface area contributed by atoms with Crippen molar-refractivity contribution < 1.29 is 4.79 Å². The number of alkyl halides is 1. The first kappa shape index (κ1) is 9.45. The summed E-state index contributed by atoms with van der Waals surface area (Å²) in [6, 6.07) is 0.154. The van der Waals surface area contributed by atoms with Crippen molar-refractivity contribution in [3.8, 4) is 0 Å². The Morgan fingerprint density at radius 2 is 2.64 bits per heavy atom. The summed E-state index contributed by atoms with van der Waals surface area (Å²) >= 11 is 5.77. The van der Waals surface area contributed by atoms with Gasteiger partial charge in [0.25, 0.3) is 5.91 Å². The second kappa shape index (κ2) is 3.96. The van der Waals surface area contributed by atoms with E-state index in [-0.39, 0.29) is 11.9 Å². The summed E-state index contributed by atoms with van der Waals surface area (Å²) in [6.07, 6.45) is 3.43. The summed E-state index contributed by atoms with van der Waals surface area (Å²) in [5.74, 6) is 0.408. The third-order valence-electron chi connectivity index (χ3n) is 2.45. The SMILES string of the molecule is O=C(c1cn[nH]n1)N1CCCC1CCl. The van der Waals surface area contributed by atoms with Crippen molar-refractivity contribution in [3.05, 3.63) is 11.9 Å². The van der Waals surface area contributed by atoms with Gasteiger partial charge in [-0.05, 0) is 12.8 Å². The number of H-pyrrole nitrogens is 1. The lowest BCUT2D eigenvalue weighted by atomic mass is 10.2. The van der Waals surface area contributed by atoms with Crippen LogP contribution in [0.2, 0.25) is 0 Å². The Kier molecular flexibility index (Phi) is 2.67. The molecule has 0 aromatic carbocycles. The Labute approximate surface area is 86.4 Å². The summed E-state index contributed by atoms with van der Waals surface area (Å²) in [7, 11) is 0. The molecule has 1 aromatic rings. The second-order valence-corrected chi connectivity index (χ2v) is 3.61. The highest BCUT2D eigenvalue weighted by Crippen LogP contribution is 2.19. The smallest absolute Gasteiger partial charge is 0.276 e. The van der Waals surface area contributed by atoms with Crippen LogP contribution in [-0.2, 0) is 0 Å². The zero-order chi connectivity index (χ0) is 9.97. The molecule has 2 rings (SSSR count). The molecule has 1 unspecified atom stereocenters. The van der Waals surface area contributed by atoms with E-state index in [1.54, 1.807) is 4.90 Å². The van der Waals surface area contributed by atoms with E-state index in [9.17, 15) is 4.79 Å². The monoisotopic (exact) mass is 214 g/mol. The van der Waals surface area contributed by atoms with Crippen molar-refractivity contribution in [2.24, 2.45) is 0 Å². The zero-order valence-electron chi connectivity index (χ0n) is 7.61. The Balaban J connectivity index is 2.11. The first-order valence-electron chi connectivity index (χ1n) is 4.55. The van der Waals surface area contributed by atoms with Gasteiger partial charge in [0.1, 0.15) is 0 Å². The lowest BCUT2D eigenvalue weighted by Crippen LogP contribution is -2.36. The maximum atomic E-state index is 11.8. The Morgan fingerprint density at radius 1 is 1.79 bits per heavy atom. The number of halogens is 1. The van der Waals surface area contributed by atoms with Crippen molar-refractivity contribution in [2.75, 3.05) is 12.4 Å². The third kappa shape index (κ3) is 1.59. The second-order valence-electron chi connectivity index (χ2n) is 3.30. The molecular weight excluding hydrogens is 204 g/mol. The van der Waals surface area contributed by atoms with Crippen LogP contribution in [0.15, 0.2) is 6.20 Å². The predicted octanol–water partition coefficient (Wildman–Crippen LogP) is 0.648. The van der Waals surface area contributed by atoms with E-state index in [0.717, 1.165) is 19.4 Å². The maximum Gasteiger partial charge on any atom is 0.276 e. The van der Waals surface area contributed by atoms with Crippen LogP contribution in [-0.4, -0.2) is 44.7 Å². The van der Waals surface area contributed by atoms with Crippen LogP contribution in [0.1, 0.15) is 23.3 Å². The van der Waals surface area contributed by atoms with E-state index in [0.29, 0.717) is 11.6 Å². The first-order valence-corrected chi connectivity index (χ1v) is 5.09. The van der Waals surface area contributed by atoms with Gasteiger partial charge in [0.2, 0.25) is 0 Å². The fraction of sp³-hybridized carbons (Fsp3) is 0.625. The number of carbonyl (C=O) groups is 1. The van der Waals surface area contributed by atoms with E-state index in [1.807, 2.05) is 0 Å². The van der Waals surface area contributed by atoms with Crippen molar-refractivity contribution >= 4 is 17.5 Å². The third-order valence-corrected chi connectivity index (χ3v) is 2.81. The Hall–Kier alpha value is -1.10. The van der Waals surface area contributed by atoms with Crippen LogP contribution in [0.25, 0.3) is 0 Å². The number of nitrogens with zero attached hydrogens (tertiary/aromatic N) is 3. The molecule has 14 heavy (non-hydrogen) atoms. The number of nitrogens with one attached hydrogen (secondary N) is 1. The van der Waals surface area contributed by atoms with Crippen molar-refractivity contribution in [3.63, 3.8) is 0 Å². The molecule has 1 N–H and O–H groups in total. The topological polar surface area (TPSA) is 61.9 Å². The molecule has 1 saturated heterocycles. The predicted molar refractivity (Wildman–Crippen MR) is 51.2 cm³/mol. The van der Waals surface area contributed by atoms with Gasteiger partial charge >= 0.3 is 0 Å². The minimum absolute atomic E-state index is 0.0816. The van der Waals surface area contributed by atoms with Gasteiger partial charge in [-0.15, -0.1) is 11.6 Å². The van der Waals surface area contributed by atoms with Crippen molar-refractivity contribution in [2.45, 2.75) is 18.9 Å². The van der Waals surface area contributed by atoms with Crippen LogP contribution < -0.4 is 0 Å². The number of hydrogen-bond donors (Lipinski definition) is 1. The highest BCUT2D eigenvalue weighted by molar-refractivity contribution is 6.18. The largest absolute Gasteiger partial charge is 0.333 e. The zero-order valence-corrected chi connectivity index (χ0v) is 8.37. The van der Waals surface area contributed by atoms with Gasteiger partial charge < -0.3 is 4.90 Å². The summed E-state index contributed by atoms with van der Waals surface area (Å²) in [4.78, 5) is 13.6. The number of carbonyl (C=O) groups excluding carboxylic acids is 1. The molecule has 76 valence electrons. The molecule has 1 fully saturated rings. The molecule has 2 heterocycles. The molecule has 0 spiro atoms. The Bertz CT molecular complexity index is 313. The molecule has 6 heteroatoms. The van der Waals surface area contributed by atoms with Gasteiger partial charge in [-0.1, -0.05) is 0 Å². The molecule has 0 radical (unpaired) electrons. The van der Waals surface area contributed by atoms with Crippen LogP contribution in [0.5, 0.6) is 0 Å². The number of likely N-dealkylation sites (tertiary alicyclic amines) is 1. The van der Waals surface area contributed by atoms with E-state index >= 15 is 0 Å². The van der Waals surface area contributed by atoms with Gasteiger partial charge in [-0.3, -0.25) is 4.79 Å².